The molecule has 0 saturated heterocycles. The summed E-state index contributed by atoms with van der Waals surface area (Å²) in [6.07, 6.45) is 10.0. The molecule has 1 aliphatic carbocycles. The molecule has 14 heavy (non-hydrogen) atoms. The van der Waals surface area contributed by atoms with Crippen LogP contribution in [0.2, 0.25) is 0 Å². The van der Waals surface area contributed by atoms with Crippen molar-refractivity contribution in [3.63, 3.8) is 0 Å². The molecule has 0 unspecified atom stereocenters. The molecule has 0 amide bonds. The van der Waals surface area contributed by atoms with Gasteiger partial charge in [-0.1, -0.05) is 12.2 Å². The Hall–Kier alpha value is -1.42. The van der Waals surface area contributed by atoms with Gasteiger partial charge in [0.1, 0.15) is 5.82 Å². The smallest absolute Gasteiger partial charge is 0.144 e. The lowest BCUT2D eigenvalue weighted by Gasteiger charge is -2.12. The molecule has 0 bridgehead atoms. The second-order valence-electron chi connectivity index (χ2n) is 3.40. The molecule has 2 N–H and O–H groups in total. The highest BCUT2D eigenvalue weighted by molar-refractivity contribution is 5.34. The van der Waals surface area contributed by atoms with Crippen LogP contribution in [0.5, 0.6) is 0 Å². The molecule has 4 nitrogen and oxygen atoms in total. The van der Waals surface area contributed by atoms with Gasteiger partial charge in [0.05, 0.1) is 6.20 Å². The van der Waals surface area contributed by atoms with Gasteiger partial charge in [0.2, 0.25) is 0 Å². The third-order valence-electron chi connectivity index (χ3n) is 2.30. The second-order valence-corrected chi connectivity index (χ2v) is 3.40. The van der Waals surface area contributed by atoms with Crippen molar-refractivity contribution in [2.75, 3.05) is 11.9 Å². The molecule has 1 aromatic heterocycles. The Labute approximate surface area is 82.7 Å². The van der Waals surface area contributed by atoms with Crippen LogP contribution in [0.15, 0.2) is 30.7 Å². The molecular weight excluding hydrogens is 178 g/mol. The van der Waals surface area contributed by atoms with Crippen LogP contribution >= 0.6 is 0 Å². The number of aliphatic hydroxyl groups excluding tert-OH is 1. The minimum absolute atomic E-state index is 0.217. The summed E-state index contributed by atoms with van der Waals surface area (Å²) in [6.45, 7) is 0.217. The third kappa shape index (κ3) is 2.09. The highest BCUT2D eigenvalue weighted by Gasteiger charge is 2.17. The Morgan fingerprint density at radius 1 is 1.43 bits per heavy atom. The third-order valence-corrected chi connectivity index (χ3v) is 2.30. The standard InChI is InChI=1S/C10H13N3O/c14-7-8-1-2-9(5-8)13-10-6-11-3-4-12-10/h1-4,6,8-9,14H,5,7H2,(H,12,13)/t8-,9+/m0/s1. The predicted molar refractivity (Wildman–Crippen MR) is 53.8 cm³/mol. The van der Waals surface area contributed by atoms with Crippen LogP contribution in [0.3, 0.4) is 0 Å². The highest BCUT2D eigenvalue weighted by Crippen LogP contribution is 2.19. The largest absolute Gasteiger partial charge is 0.396 e. The zero-order valence-electron chi connectivity index (χ0n) is 7.80. The summed E-state index contributed by atoms with van der Waals surface area (Å²) in [5.74, 6) is 1.06. The van der Waals surface area contributed by atoms with Crippen molar-refractivity contribution in [1.82, 2.24) is 9.97 Å². The lowest BCUT2D eigenvalue weighted by Crippen LogP contribution is -2.17. The molecule has 0 fully saturated rings. The fraction of sp³-hybridized carbons (Fsp3) is 0.400. The maximum Gasteiger partial charge on any atom is 0.144 e. The molecule has 1 heterocycles. The van der Waals surface area contributed by atoms with Gasteiger partial charge in [-0.25, -0.2) is 4.98 Å². The first-order valence-electron chi connectivity index (χ1n) is 4.70. The van der Waals surface area contributed by atoms with Crippen molar-refractivity contribution in [3.05, 3.63) is 30.7 Å². The summed E-state index contributed by atoms with van der Waals surface area (Å²) < 4.78 is 0. The molecule has 0 radical (unpaired) electrons. The van der Waals surface area contributed by atoms with Gasteiger partial charge >= 0.3 is 0 Å². The normalized spacial score (nSPS) is 25.2. The lowest BCUT2D eigenvalue weighted by molar-refractivity contribution is 0.250. The number of hydrogen-bond acceptors (Lipinski definition) is 4. The minimum atomic E-state index is 0.217. The van der Waals surface area contributed by atoms with Gasteiger partial charge in [-0.2, -0.15) is 0 Å². The Bertz CT molecular complexity index is 312. The highest BCUT2D eigenvalue weighted by atomic mass is 16.3. The van der Waals surface area contributed by atoms with Crippen LogP contribution in [-0.4, -0.2) is 27.7 Å². The van der Waals surface area contributed by atoms with Crippen LogP contribution in [0, 0.1) is 5.92 Å². The van der Waals surface area contributed by atoms with E-state index >= 15 is 0 Å². The zero-order chi connectivity index (χ0) is 9.80. The average molecular weight is 191 g/mol. The fourth-order valence-corrected chi connectivity index (χ4v) is 1.58. The van der Waals surface area contributed by atoms with E-state index in [0.29, 0.717) is 0 Å². The van der Waals surface area contributed by atoms with Gasteiger partial charge in [0.25, 0.3) is 0 Å². The van der Waals surface area contributed by atoms with E-state index in [9.17, 15) is 0 Å². The molecule has 2 rings (SSSR count). The molecule has 1 aliphatic rings. The van der Waals surface area contributed by atoms with E-state index in [2.05, 4.69) is 21.4 Å². The van der Waals surface area contributed by atoms with E-state index in [-0.39, 0.29) is 18.6 Å². The van der Waals surface area contributed by atoms with Gasteiger partial charge < -0.3 is 10.4 Å². The number of aromatic nitrogens is 2. The Kier molecular flexibility index (Phi) is 2.74. The van der Waals surface area contributed by atoms with E-state index in [0.717, 1.165) is 12.2 Å². The van der Waals surface area contributed by atoms with E-state index < -0.39 is 0 Å². The van der Waals surface area contributed by atoms with Crippen molar-refractivity contribution >= 4 is 5.82 Å². The summed E-state index contributed by atoms with van der Waals surface area (Å²) in [5, 5.41) is 12.2. The maximum atomic E-state index is 8.94. The molecule has 0 saturated carbocycles. The van der Waals surface area contributed by atoms with Gasteiger partial charge in [-0.15, -0.1) is 0 Å². The number of aliphatic hydroxyl groups is 1. The number of hydrogen-bond donors (Lipinski definition) is 2. The summed E-state index contributed by atoms with van der Waals surface area (Å²) in [4.78, 5) is 8.09. The van der Waals surface area contributed by atoms with Gasteiger partial charge in [0, 0.05) is 31.0 Å². The fourth-order valence-electron chi connectivity index (χ4n) is 1.58. The number of anilines is 1. The van der Waals surface area contributed by atoms with Crippen LogP contribution in [0.25, 0.3) is 0 Å². The number of rotatable bonds is 3. The Balaban J connectivity index is 1.92. The van der Waals surface area contributed by atoms with Crippen molar-refractivity contribution < 1.29 is 5.11 Å². The SMILES string of the molecule is OC[C@H]1C=C[C@@H](Nc2cnccn2)C1. The summed E-state index contributed by atoms with van der Waals surface area (Å²) in [7, 11) is 0. The first-order valence-corrected chi connectivity index (χ1v) is 4.70. The Morgan fingerprint density at radius 2 is 2.36 bits per heavy atom. The minimum Gasteiger partial charge on any atom is -0.396 e. The van der Waals surface area contributed by atoms with Crippen LogP contribution in [-0.2, 0) is 0 Å². The summed E-state index contributed by atoms with van der Waals surface area (Å²) >= 11 is 0. The molecule has 0 aliphatic heterocycles. The molecule has 0 spiro atoms. The number of nitrogens with zero attached hydrogens (tertiary/aromatic N) is 2. The Morgan fingerprint density at radius 3 is 3.00 bits per heavy atom. The van der Waals surface area contributed by atoms with E-state index in [1.807, 2.05) is 6.08 Å². The van der Waals surface area contributed by atoms with Crippen molar-refractivity contribution in [2.45, 2.75) is 12.5 Å². The molecule has 0 aromatic carbocycles. The van der Waals surface area contributed by atoms with Crippen molar-refractivity contribution in [2.24, 2.45) is 5.92 Å². The molecule has 4 heteroatoms. The predicted octanol–water partition coefficient (Wildman–Crippen LogP) is 0.825. The van der Waals surface area contributed by atoms with E-state index in [1.54, 1.807) is 18.6 Å². The molecular formula is C10H13N3O. The molecule has 1 aromatic rings. The first kappa shape index (κ1) is 9.15. The zero-order valence-corrected chi connectivity index (χ0v) is 7.80. The van der Waals surface area contributed by atoms with E-state index in [4.69, 9.17) is 5.11 Å². The van der Waals surface area contributed by atoms with Crippen molar-refractivity contribution in [3.8, 4) is 0 Å². The van der Waals surface area contributed by atoms with Crippen LogP contribution < -0.4 is 5.32 Å². The van der Waals surface area contributed by atoms with E-state index in [1.165, 1.54) is 0 Å². The van der Waals surface area contributed by atoms with Gasteiger partial charge in [-0.3, -0.25) is 4.98 Å². The summed E-state index contributed by atoms with van der Waals surface area (Å²) in [5.41, 5.74) is 0. The van der Waals surface area contributed by atoms with Gasteiger partial charge in [-0.05, 0) is 6.42 Å². The van der Waals surface area contributed by atoms with Gasteiger partial charge in [0.15, 0.2) is 0 Å². The lowest BCUT2D eigenvalue weighted by atomic mass is 10.1. The monoisotopic (exact) mass is 191 g/mol. The van der Waals surface area contributed by atoms with Crippen LogP contribution in [0.1, 0.15) is 6.42 Å². The topological polar surface area (TPSA) is 58.0 Å². The summed E-state index contributed by atoms with van der Waals surface area (Å²) in [6, 6.07) is 0.267. The van der Waals surface area contributed by atoms with Crippen molar-refractivity contribution in [1.29, 1.82) is 0 Å². The first-order chi connectivity index (χ1) is 6.88. The number of nitrogens with one attached hydrogen (secondary N) is 1. The molecule has 2 atom stereocenters. The average Bonchev–Trinajstić information content (AvgIpc) is 2.67. The maximum absolute atomic E-state index is 8.94. The molecule has 74 valence electrons. The quantitative estimate of drug-likeness (QED) is 0.695. The van der Waals surface area contributed by atoms with Crippen LogP contribution in [0.4, 0.5) is 5.82 Å². The second kappa shape index (κ2) is 4.19.